The van der Waals surface area contributed by atoms with Crippen molar-refractivity contribution in [2.24, 2.45) is 0 Å². The minimum absolute atomic E-state index is 0.298. The smallest absolute Gasteiger partial charge is 0.221 e. The number of pyridine rings is 1. The first-order valence-electron chi connectivity index (χ1n) is 4.21. The van der Waals surface area contributed by atoms with Gasteiger partial charge in [0.15, 0.2) is 0 Å². The van der Waals surface area contributed by atoms with Gasteiger partial charge in [-0.3, -0.25) is 0 Å². The van der Waals surface area contributed by atoms with Crippen LogP contribution in [0.5, 0.6) is 11.6 Å². The zero-order chi connectivity index (χ0) is 10.6. The molecule has 0 aromatic carbocycles. The second-order valence-corrected chi connectivity index (χ2v) is 2.79. The largest absolute Gasteiger partial charge is 0.496 e. The highest BCUT2D eigenvalue weighted by atomic mass is 16.5. The van der Waals surface area contributed by atoms with E-state index in [1.807, 2.05) is 0 Å². The van der Waals surface area contributed by atoms with Gasteiger partial charge in [-0.05, 0) is 13.0 Å². The predicted molar refractivity (Wildman–Crippen MR) is 51.4 cm³/mol. The molecule has 4 heteroatoms. The van der Waals surface area contributed by atoms with Crippen LogP contribution in [-0.4, -0.2) is 19.2 Å². The van der Waals surface area contributed by atoms with Gasteiger partial charge < -0.3 is 9.47 Å². The first kappa shape index (κ1) is 10.3. The molecule has 14 heavy (non-hydrogen) atoms. The molecule has 0 aliphatic rings. The fourth-order valence-electron chi connectivity index (χ4n) is 1.24. The van der Waals surface area contributed by atoms with E-state index in [0.29, 0.717) is 17.2 Å². The van der Waals surface area contributed by atoms with E-state index in [0.717, 1.165) is 0 Å². The third-order valence-corrected chi connectivity index (χ3v) is 1.95. The molecule has 4 nitrogen and oxygen atoms in total. The van der Waals surface area contributed by atoms with Gasteiger partial charge in [0.2, 0.25) is 5.88 Å². The number of methoxy groups -OCH3 is 2. The van der Waals surface area contributed by atoms with Crippen molar-refractivity contribution in [3.05, 3.63) is 17.8 Å². The molecule has 1 heterocycles. The Hall–Kier alpha value is -1.76. The Morgan fingerprint density at radius 3 is 2.64 bits per heavy atom. The van der Waals surface area contributed by atoms with Gasteiger partial charge in [-0.15, -0.1) is 0 Å². The second kappa shape index (κ2) is 4.47. The van der Waals surface area contributed by atoms with Crippen molar-refractivity contribution in [1.82, 2.24) is 4.98 Å². The van der Waals surface area contributed by atoms with Crippen LogP contribution in [0.2, 0.25) is 0 Å². The van der Waals surface area contributed by atoms with Crippen LogP contribution in [0.1, 0.15) is 18.4 Å². The van der Waals surface area contributed by atoms with Gasteiger partial charge in [0.1, 0.15) is 5.75 Å². The van der Waals surface area contributed by atoms with Gasteiger partial charge in [0.05, 0.1) is 31.8 Å². The lowest BCUT2D eigenvalue weighted by atomic mass is 10.0. The fraction of sp³-hybridized carbons (Fsp3) is 0.400. The van der Waals surface area contributed by atoms with Crippen LogP contribution in [0.3, 0.4) is 0 Å². The average molecular weight is 192 g/mol. The van der Waals surface area contributed by atoms with E-state index in [9.17, 15) is 0 Å². The van der Waals surface area contributed by atoms with Crippen LogP contribution in [0.25, 0.3) is 0 Å². The summed E-state index contributed by atoms with van der Waals surface area (Å²) in [6.07, 6.45) is 1.59. The highest BCUT2D eigenvalue weighted by Crippen LogP contribution is 2.32. The molecule has 1 unspecified atom stereocenters. The molecule has 0 aliphatic carbocycles. The van der Waals surface area contributed by atoms with E-state index < -0.39 is 0 Å². The summed E-state index contributed by atoms with van der Waals surface area (Å²) in [5.41, 5.74) is 0.694. The normalized spacial score (nSPS) is 11.6. The van der Waals surface area contributed by atoms with Crippen molar-refractivity contribution >= 4 is 0 Å². The summed E-state index contributed by atoms with van der Waals surface area (Å²) >= 11 is 0. The summed E-state index contributed by atoms with van der Waals surface area (Å²) in [6.45, 7) is 1.78. The van der Waals surface area contributed by atoms with Crippen molar-refractivity contribution in [2.75, 3.05) is 14.2 Å². The SMILES string of the molecule is COc1ccnc(OC)c1C(C)C#N. The highest BCUT2D eigenvalue weighted by molar-refractivity contribution is 5.44. The van der Waals surface area contributed by atoms with Gasteiger partial charge in [-0.2, -0.15) is 5.26 Å². The first-order valence-corrected chi connectivity index (χ1v) is 4.21. The molecule has 1 aromatic rings. The zero-order valence-electron chi connectivity index (χ0n) is 8.44. The number of aromatic nitrogens is 1. The number of nitriles is 1. The predicted octanol–water partition coefficient (Wildman–Crippen LogP) is 1.73. The lowest BCUT2D eigenvalue weighted by Crippen LogP contribution is -2.01. The van der Waals surface area contributed by atoms with E-state index in [2.05, 4.69) is 11.1 Å². The molecule has 1 rings (SSSR count). The summed E-state index contributed by atoms with van der Waals surface area (Å²) in [4.78, 5) is 4.02. The van der Waals surface area contributed by atoms with Gasteiger partial charge in [0, 0.05) is 6.20 Å². The monoisotopic (exact) mass is 192 g/mol. The summed E-state index contributed by atoms with van der Waals surface area (Å²) < 4.78 is 10.2. The van der Waals surface area contributed by atoms with Gasteiger partial charge in [0.25, 0.3) is 0 Å². The minimum atomic E-state index is -0.298. The van der Waals surface area contributed by atoms with Crippen molar-refractivity contribution in [2.45, 2.75) is 12.8 Å². The number of hydrogen-bond donors (Lipinski definition) is 0. The van der Waals surface area contributed by atoms with Crippen LogP contribution in [-0.2, 0) is 0 Å². The Balaban J connectivity index is 3.27. The lowest BCUT2D eigenvalue weighted by molar-refractivity contribution is 0.372. The molecule has 0 N–H and O–H groups in total. The van der Waals surface area contributed by atoms with Crippen LogP contribution >= 0.6 is 0 Å². The van der Waals surface area contributed by atoms with E-state index in [1.165, 1.54) is 7.11 Å². The summed E-state index contributed by atoms with van der Waals surface area (Å²) in [5, 5.41) is 8.84. The molecule has 0 aliphatic heterocycles. The molecule has 0 amide bonds. The first-order chi connectivity index (χ1) is 6.74. The highest BCUT2D eigenvalue weighted by Gasteiger charge is 2.17. The van der Waals surface area contributed by atoms with E-state index in [1.54, 1.807) is 26.3 Å². The third kappa shape index (κ3) is 1.77. The maximum absolute atomic E-state index is 8.84. The number of ether oxygens (including phenoxy) is 2. The van der Waals surface area contributed by atoms with Crippen LogP contribution in [0.4, 0.5) is 0 Å². The number of nitrogens with zero attached hydrogens (tertiary/aromatic N) is 2. The molecule has 1 aromatic heterocycles. The van der Waals surface area contributed by atoms with E-state index in [-0.39, 0.29) is 5.92 Å². The minimum Gasteiger partial charge on any atom is -0.496 e. The Bertz CT molecular complexity index is 335. The zero-order valence-corrected chi connectivity index (χ0v) is 8.44. The van der Waals surface area contributed by atoms with Gasteiger partial charge in [-0.1, -0.05) is 0 Å². The van der Waals surface area contributed by atoms with Crippen molar-refractivity contribution in [1.29, 1.82) is 5.26 Å². The molecule has 0 saturated heterocycles. The maximum atomic E-state index is 8.84. The molecule has 0 saturated carbocycles. The van der Waals surface area contributed by atoms with Crippen molar-refractivity contribution < 1.29 is 9.47 Å². The molecule has 0 fully saturated rings. The molecule has 0 spiro atoms. The standard InChI is InChI=1S/C10H12N2O2/c1-7(6-11)9-8(13-2)4-5-12-10(9)14-3/h4-5,7H,1-3H3. The number of hydrogen-bond acceptors (Lipinski definition) is 4. The molecular weight excluding hydrogens is 180 g/mol. The van der Waals surface area contributed by atoms with Gasteiger partial charge in [-0.25, -0.2) is 4.98 Å². The molecule has 0 bridgehead atoms. The number of rotatable bonds is 3. The molecule has 0 radical (unpaired) electrons. The molecule has 74 valence electrons. The third-order valence-electron chi connectivity index (χ3n) is 1.95. The maximum Gasteiger partial charge on any atom is 0.221 e. The van der Waals surface area contributed by atoms with Crippen LogP contribution in [0.15, 0.2) is 12.3 Å². The van der Waals surface area contributed by atoms with E-state index >= 15 is 0 Å². The van der Waals surface area contributed by atoms with Crippen LogP contribution < -0.4 is 9.47 Å². The summed E-state index contributed by atoms with van der Waals surface area (Å²) in [5.74, 6) is 0.776. The van der Waals surface area contributed by atoms with Crippen LogP contribution in [0, 0.1) is 11.3 Å². The van der Waals surface area contributed by atoms with Crippen molar-refractivity contribution in [3.8, 4) is 17.7 Å². The molecule has 1 atom stereocenters. The molecular formula is C10H12N2O2. The topological polar surface area (TPSA) is 55.1 Å². The van der Waals surface area contributed by atoms with E-state index in [4.69, 9.17) is 14.7 Å². The Morgan fingerprint density at radius 1 is 1.43 bits per heavy atom. The average Bonchev–Trinajstić information content (AvgIpc) is 2.26. The quantitative estimate of drug-likeness (QED) is 0.731. The lowest BCUT2D eigenvalue weighted by Gasteiger charge is -2.12. The van der Waals surface area contributed by atoms with Crippen molar-refractivity contribution in [3.63, 3.8) is 0 Å². The second-order valence-electron chi connectivity index (χ2n) is 2.79. The summed E-state index contributed by atoms with van der Waals surface area (Å²) in [6, 6.07) is 3.84. The summed E-state index contributed by atoms with van der Waals surface area (Å²) in [7, 11) is 3.08. The van der Waals surface area contributed by atoms with Gasteiger partial charge >= 0.3 is 0 Å². The Morgan fingerprint density at radius 2 is 2.14 bits per heavy atom. The Kier molecular flexibility index (Phi) is 3.29. The fourth-order valence-corrected chi connectivity index (χ4v) is 1.24. The Labute approximate surface area is 83.1 Å².